The number of amides is 2. The Hall–Kier alpha value is -1.69. The molecule has 2 N–H and O–H groups in total. The predicted octanol–water partition coefficient (Wildman–Crippen LogP) is -0.0558. The molecule has 74 valence electrons. The first-order valence-corrected chi connectivity index (χ1v) is 4.70. The number of hydrogen-bond acceptors (Lipinski definition) is 4. The number of hydrazone groups is 1. The molecule has 0 radical (unpaired) electrons. The van der Waals surface area contributed by atoms with Crippen molar-refractivity contribution in [2.45, 2.75) is 0 Å². The molecule has 0 aromatic carbocycles. The van der Waals surface area contributed by atoms with E-state index in [1.807, 2.05) is 17.5 Å². The number of hydrogen-bond donors (Lipinski definition) is 2. The number of likely N-dealkylation sites (N-methyl/N-ethyl adjacent to an activating group) is 1. The van der Waals surface area contributed by atoms with Crippen molar-refractivity contribution in [2.75, 3.05) is 7.05 Å². The third-order valence-electron chi connectivity index (χ3n) is 1.33. The average molecular weight is 211 g/mol. The average Bonchev–Trinajstić information content (AvgIpc) is 2.69. The highest BCUT2D eigenvalue weighted by Gasteiger charge is 2.08. The van der Waals surface area contributed by atoms with Crippen LogP contribution in [0.4, 0.5) is 0 Å². The first-order chi connectivity index (χ1) is 6.74. The topological polar surface area (TPSA) is 70.6 Å². The van der Waals surface area contributed by atoms with Crippen molar-refractivity contribution in [2.24, 2.45) is 5.10 Å². The molecule has 0 saturated carbocycles. The molecule has 2 amide bonds. The van der Waals surface area contributed by atoms with Crippen LogP contribution in [0.25, 0.3) is 0 Å². The Kier molecular flexibility index (Phi) is 3.81. The van der Waals surface area contributed by atoms with E-state index in [4.69, 9.17) is 0 Å². The zero-order valence-corrected chi connectivity index (χ0v) is 8.30. The Morgan fingerprint density at radius 3 is 2.86 bits per heavy atom. The second-order valence-electron chi connectivity index (χ2n) is 2.29. The lowest BCUT2D eigenvalue weighted by molar-refractivity contribution is -0.138. The summed E-state index contributed by atoms with van der Waals surface area (Å²) in [6.07, 6.45) is 1.48. The van der Waals surface area contributed by atoms with Crippen molar-refractivity contribution < 1.29 is 9.59 Å². The van der Waals surface area contributed by atoms with Crippen LogP contribution in [0.15, 0.2) is 22.6 Å². The first-order valence-electron chi connectivity index (χ1n) is 3.82. The summed E-state index contributed by atoms with van der Waals surface area (Å²) in [6, 6.07) is 3.72. The van der Waals surface area contributed by atoms with Crippen molar-refractivity contribution >= 4 is 29.4 Å². The lowest BCUT2D eigenvalue weighted by Gasteiger charge is -1.95. The van der Waals surface area contributed by atoms with Gasteiger partial charge in [0.2, 0.25) is 0 Å². The minimum atomic E-state index is -0.777. The Morgan fingerprint density at radius 1 is 1.50 bits per heavy atom. The third kappa shape index (κ3) is 2.98. The van der Waals surface area contributed by atoms with E-state index in [-0.39, 0.29) is 0 Å². The maximum absolute atomic E-state index is 10.9. The highest BCUT2D eigenvalue weighted by molar-refractivity contribution is 7.11. The van der Waals surface area contributed by atoms with E-state index in [2.05, 4.69) is 15.8 Å². The fourth-order valence-corrected chi connectivity index (χ4v) is 1.27. The smallest absolute Gasteiger partial charge is 0.329 e. The minimum Gasteiger partial charge on any atom is -0.351 e. The van der Waals surface area contributed by atoms with Crippen molar-refractivity contribution in [3.63, 3.8) is 0 Å². The van der Waals surface area contributed by atoms with Crippen LogP contribution in [0.3, 0.4) is 0 Å². The number of nitrogens with zero attached hydrogens (tertiary/aromatic N) is 1. The third-order valence-corrected chi connectivity index (χ3v) is 2.14. The van der Waals surface area contributed by atoms with E-state index in [9.17, 15) is 9.59 Å². The standard InChI is InChI=1S/C8H9N3O2S/c1-9-7(12)8(13)11-10-5-6-3-2-4-14-6/h2-5H,1H3,(H,9,12)(H,11,13). The summed E-state index contributed by atoms with van der Waals surface area (Å²) in [7, 11) is 1.38. The normalized spacial score (nSPS) is 10.1. The highest BCUT2D eigenvalue weighted by Crippen LogP contribution is 2.03. The SMILES string of the molecule is CNC(=O)C(=O)NN=Cc1cccs1. The van der Waals surface area contributed by atoms with Crippen molar-refractivity contribution in [1.29, 1.82) is 0 Å². The van der Waals surface area contributed by atoms with Gasteiger partial charge in [-0.15, -0.1) is 11.3 Å². The van der Waals surface area contributed by atoms with Crippen LogP contribution in [0.1, 0.15) is 4.88 Å². The molecule has 1 aromatic rings. The van der Waals surface area contributed by atoms with Gasteiger partial charge in [-0.25, -0.2) is 5.43 Å². The molecule has 0 aliphatic carbocycles. The fraction of sp³-hybridized carbons (Fsp3) is 0.125. The van der Waals surface area contributed by atoms with Gasteiger partial charge in [-0.3, -0.25) is 9.59 Å². The summed E-state index contributed by atoms with van der Waals surface area (Å²) in [5.41, 5.74) is 2.10. The summed E-state index contributed by atoms with van der Waals surface area (Å²) >= 11 is 1.49. The minimum absolute atomic E-state index is 0.715. The summed E-state index contributed by atoms with van der Waals surface area (Å²) < 4.78 is 0. The molecule has 0 aliphatic rings. The predicted molar refractivity (Wildman–Crippen MR) is 54.1 cm³/mol. The summed E-state index contributed by atoms with van der Waals surface area (Å²) in [5, 5.41) is 7.68. The van der Waals surface area contributed by atoms with Gasteiger partial charge in [-0.2, -0.15) is 5.10 Å². The molecule has 0 unspecified atom stereocenters. The molecule has 0 fully saturated rings. The molecule has 0 aliphatic heterocycles. The van der Waals surface area contributed by atoms with Gasteiger partial charge in [-0.05, 0) is 11.4 Å². The van der Waals surface area contributed by atoms with Gasteiger partial charge in [0.05, 0.1) is 6.21 Å². The zero-order chi connectivity index (χ0) is 10.4. The van der Waals surface area contributed by atoms with E-state index in [0.29, 0.717) is 0 Å². The lowest BCUT2D eigenvalue weighted by Crippen LogP contribution is -2.35. The van der Waals surface area contributed by atoms with E-state index < -0.39 is 11.8 Å². The molecule has 0 bridgehead atoms. The lowest BCUT2D eigenvalue weighted by atomic mass is 10.5. The molecule has 0 saturated heterocycles. The molecule has 1 heterocycles. The second kappa shape index (κ2) is 5.13. The molecule has 14 heavy (non-hydrogen) atoms. The summed E-state index contributed by atoms with van der Waals surface area (Å²) in [6.45, 7) is 0. The Balaban J connectivity index is 2.41. The zero-order valence-electron chi connectivity index (χ0n) is 7.48. The van der Waals surface area contributed by atoms with Gasteiger partial charge in [0.25, 0.3) is 0 Å². The molecule has 0 spiro atoms. The van der Waals surface area contributed by atoms with Crippen LogP contribution < -0.4 is 10.7 Å². The Morgan fingerprint density at radius 2 is 2.29 bits per heavy atom. The van der Waals surface area contributed by atoms with Crippen LogP contribution in [0.5, 0.6) is 0 Å². The van der Waals surface area contributed by atoms with Gasteiger partial charge in [0, 0.05) is 11.9 Å². The quantitative estimate of drug-likeness (QED) is 0.409. The van der Waals surface area contributed by atoms with Crippen molar-refractivity contribution in [3.05, 3.63) is 22.4 Å². The molecule has 0 atom stereocenters. The molecular formula is C8H9N3O2S. The summed E-state index contributed by atoms with van der Waals surface area (Å²) in [4.78, 5) is 22.5. The number of rotatable bonds is 2. The maximum Gasteiger partial charge on any atom is 0.329 e. The maximum atomic E-state index is 10.9. The van der Waals surface area contributed by atoms with Crippen LogP contribution in [0.2, 0.25) is 0 Å². The van der Waals surface area contributed by atoms with E-state index in [1.165, 1.54) is 24.6 Å². The van der Waals surface area contributed by atoms with Gasteiger partial charge in [-0.1, -0.05) is 6.07 Å². The van der Waals surface area contributed by atoms with Gasteiger partial charge in [0.15, 0.2) is 0 Å². The van der Waals surface area contributed by atoms with Crippen LogP contribution >= 0.6 is 11.3 Å². The van der Waals surface area contributed by atoms with Crippen molar-refractivity contribution in [3.8, 4) is 0 Å². The van der Waals surface area contributed by atoms with Gasteiger partial charge >= 0.3 is 11.8 Å². The monoisotopic (exact) mass is 211 g/mol. The Labute approximate surface area is 84.8 Å². The number of thiophene rings is 1. The largest absolute Gasteiger partial charge is 0.351 e. The van der Waals surface area contributed by atoms with Crippen molar-refractivity contribution in [1.82, 2.24) is 10.7 Å². The fourth-order valence-electron chi connectivity index (χ4n) is 0.684. The van der Waals surface area contributed by atoms with Gasteiger partial charge < -0.3 is 5.32 Å². The van der Waals surface area contributed by atoms with E-state index in [1.54, 1.807) is 0 Å². The molecule has 1 aromatic heterocycles. The molecule has 5 nitrogen and oxygen atoms in total. The van der Waals surface area contributed by atoms with Crippen LogP contribution in [0, 0.1) is 0 Å². The van der Waals surface area contributed by atoms with E-state index in [0.717, 1.165) is 4.88 Å². The second-order valence-corrected chi connectivity index (χ2v) is 3.27. The summed E-state index contributed by atoms with van der Waals surface area (Å²) in [5.74, 6) is -1.49. The molecule has 1 rings (SSSR count). The Bertz CT molecular complexity index is 345. The molecular weight excluding hydrogens is 202 g/mol. The number of carbonyl (C=O) groups is 2. The van der Waals surface area contributed by atoms with Gasteiger partial charge in [0.1, 0.15) is 0 Å². The highest BCUT2D eigenvalue weighted by atomic mass is 32.1. The molecule has 6 heteroatoms. The van der Waals surface area contributed by atoms with Crippen LogP contribution in [-0.2, 0) is 9.59 Å². The first kappa shape index (κ1) is 10.4. The van der Waals surface area contributed by atoms with E-state index >= 15 is 0 Å². The number of carbonyl (C=O) groups excluding carboxylic acids is 2. The number of nitrogens with one attached hydrogen (secondary N) is 2. The van der Waals surface area contributed by atoms with Crippen LogP contribution in [-0.4, -0.2) is 25.1 Å².